The summed E-state index contributed by atoms with van der Waals surface area (Å²) in [5, 5.41) is 1.93. The van der Waals surface area contributed by atoms with Crippen molar-refractivity contribution in [3.8, 4) is 11.1 Å². The van der Waals surface area contributed by atoms with Crippen LogP contribution in [0.1, 0.15) is 58.2 Å². The molecule has 1 atom stereocenters. The summed E-state index contributed by atoms with van der Waals surface area (Å²) in [7, 11) is 1.78. The molecule has 0 aliphatic carbocycles. The molecule has 3 aromatic rings. The van der Waals surface area contributed by atoms with Crippen LogP contribution in [0.25, 0.3) is 11.1 Å². The van der Waals surface area contributed by atoms with Crippen molar-refractivity contribution < 1.29 is 4.84 Å². The second-order valence-electron chi connectivity index (χ2n) is 11.3. The third kappa shape index (κ3) is 10.9. The number of hydrogen-bond acceptors (Lipinski definition) is 4. The van der Waals surface area contributed by atoms with Crippen molar-refractivity contribution >= 4 is 22.9 Å². The lowest BCUT2D eigenvalue weighted by molar-refractivity contribution is -0.0441. The maximum absolute atomic E-state index is 5.87. The van der Waals surface area contributed by atoms with Crippen LogP contribution in [-0.4, -0.2) is 37.0 Å². The third-order valence-corrected chi connectivity index (χ3v) is 7.10. The average Bonchev–Trinajstić information content (AvgIpc) is 3.04. The van der Waals surface area contributed by atoms with Crippen LogP contribution in [0.4, 0.5) is 5.69 Å². The van der Waals surface area contributed by atoms with E-state index in [2.05, 4.69) is 93.9 Å². The number of anilines is 1. The molecule has 0 spiro atoms. The molecule has 1 aliphatic rings. The fourth-order valence-corrected chi connectivity index (χ4v) is 4.57. The fraction of sp³-hybridized carbons (Fsp3) is 0.244. The van der Waals surface area contributed by atoms with Crippen LogP contribution in [0.15, 0.2) is 148 Å². The zero-order valence-corrected chi connectivity index (χ0v) is 28.7. The highest BCUT2D eigenvalue weighted by atomic mass is 16.7. The Labute approximate surface area is 276 Å². The van der Waals surface area contributed by atoms with Gasteiger partial charge < -0.3 is 0 Å². The zero-order valence-electron chi connectivity index (χ0n) is 28.7. The first-order valence-electron chi connectivity index (χ1n) is 15.7. The molecule has 1 unspecified atom stereocenters. The van der Waals surface area contributed by atoms with Crippen molar-refractivity contribution in [2.45, 2.75) is 54.6 Å². The van der Waals surface area contributed by atoms with E-state index in [-0.39, 0.29) is 6.10 Å². The van der Waals surface area contributed by atoms with E-state index in [0.29, 0.717) is 5.84 Å². The van der Waals surface area contributed by atoms with Gasteiger partial charge in [0.1, 0.15) is 6.10 Å². The minimum absolute atomic E-state index is 0.210. The van der Waals surface area contributed by atoms with Gasteiger partial charge in [-0.15, -0.1) is 0 Å². The van der Waals surface area contributed by atoms with Crippen LogP contribution >= 0.6 is 0 Å². The van der Waals surface area contributed by atoms with Crippen LogP contribution in [-0.2, 0) is 4.84 Å². The first-order valence-corrected chi connectivity index (χ1v) is 15.7. The monoisotopic (exact) mass is 612 g/mol. The molecule has 238 valence electrons. The van der Waals surface area contributed by atoms with Gasteiger partial charge in [0, 0.05) is 24.0 Å². The molecule has 1 saturated heterocycles. The summed E-state index contributed by atoms with van der Waals surface area (Å²) in [5.41, 5.74) is 10.4. The molecule has 0 amide bonds. The Morgan fingerprint density at radius 3 is 2.09 bits per heavy atom. The number of hydroxylamine groups is 1. The van der Waals surface area contributed by atoms with E-state index in [1.165, 1.54) is 5.56 Å². The summed E-state index contributed by atoms with van der Waals surface area (Å²) in [6, 6.07) is 25.1. The quantitative estimate of drug-likeness (QED) is 0.137. The number of allylic oxidation sites excluding steroid dienone is 8. The second-order valence-corrected chi connectivity index (χ2v) is 11.3. The van der Waals surface area contributed by atoms with Gasteiger partial charge in [0.05, 0.1) is 17.9 Å². The van der Waals surface area contributed by atoms with Crippen LogP contribution in [0.2, 0.25) is 0 Å². The van der Waals surface area contributed by atoms with E-state index >= 15 is 0 Å². The van der Waals surface area contributed by atoms with Gasteiger partial charge >= 0.3 is 0 Å². The summed E-state index contributed by atoms with van der Waals surface area (Å²) in [6.45, 7) is 18.9. The molecule has 0 radical (unpaired) electrons. The summed E-state index contributed by atoms with van der Waals surface area (Å²) < 4.78 is 0. The Kier molecular flexibility index (Phi) is 14.1. The number of nitrogens with zero attached hydrogens (tertiary/aromatic N) is 4. The lowest BCUT2D eigenvalue weighted by Crippen LogP contribution is -2.46. The molecule has 4 rings (SSSR count). The van der Waals surface area contributed by atoms with E-state index in [4.69, 9.17) is 14.8 Å². The Balaban J connectivity index is 0.000000724. The molecule has 0 aromatic heterocycles. The third-order valence-electron chi connectivity index (χ3n) is 7.10. The highest BCUT2D eigenvalue weighted by Gasteiger charge is 2.25. The molecule has 46 heavy (non-hydrogen) atoms. The molecule has 0 N–H and O–H groups in total. The molecule has 1 fully saturated rings. The molecule has 0 bridgehead atoms. The van der Waals surface area contributed by atoms with E-state index in [0.717, 1.165) is 57.2 Å². The number of aliphatic imine (C=N–C) groups is 3. The van der Waals surface area contributed by atoms with Crippen LogP contribution in [0.3, 0.4) is 0 Å². The van der Waals surface area contributed by atoms with Crippen molar-refractivity contribution in [2.75, 3.05) is 18.7 Å². The molecule has 1 aliphatic heterocycles. The van der Waals surface area contributed by atoms with Gasteiger partial charge in [-0.1, -0.05) is 103 Å². The van der Waals surface area contributed by atoms with Crippen molar-refractivity contribution in [3.63, 3.8) is 0 Å². The van der Waals surface area contributed by atoms with Gasteiger partial charge in [-0.3, -0.25) is 19.9 Å². The molecule has 5 heteroatoms. The van der Waals surface area contributed by atoms with Gasteiger partial charge in [0.25, 0.3) is 0 Å². The van der Waals surface area contributed by atoms with Gasteiger partial charge in [-0.05, 0) is 95.5 Å². The first-order chi connectivity index (χ1) is 22.1. The largest absolute Gasteiger partial charge is 0.270 e. The summed E-state index contributed by atoms with van der Waals surface area (Å²) in [6.07, 6.45) is 13.8. The first kappa shape index (κ1) is 35.6. The minimum atomic E-state index is 0.210. The van der Waals surface area contributed by atoms with E-state index < -0.39 is 0 Å². The Morgan fingerprint density at radius 2 is 1.54 bits per heavy atom. The van der Waals surface area contributed by atoms with Gasteiger partial charge in [0.15, 0.2) is 5.84 Å². The maximum atomic E-state index is 5.87. The Hall–Kier alpha value is -4.87. The standard InChI is InChI=1S/C34H40N4O.C7H8/c1-9-11-13-14-25(5)36-34(35-8)31-20-30(21-32(22-31)38-23-26(6)39-38)29-18-16-28(17-19-29)27(7)37-33(24(3)4)15-12-10-2;1-7-5-3-2-4-6-7/h9-22,26H,2,23H2,1,3-8H3;2-6H,1H3/b11-9-,14-13-,15-12-,35-34?,36-25?,37-27?;. The number of benzene rings is 3. The average molecular weight is 613 g/mol. The summed E-state index contributed by atoms with van der Waals surface area (Å²) >= 11 is 0. The molecule has 5 nitrogen and oxygen atoms in total. The summed E-state index contributed by atoms with van der Waals surface area (Å²) in [4.78, 5) is 20.0. The molecular formula is C41H48N4O. The molecule has 0 saturated carbocycles. The number of amidine groups is 1. The van der Waals surface area contributed by atoms with Gasteiger partial charge in [0.2, 0.25) is 0 Å². The minimum Gasteiger partial charge on any atom is -0.270 e. The van der Waals surface area contributed by atoms with Crippen molar-refractivity contribution in [1.29, 1.82) is 0 Å². The lowest BCUT2D eigenvalue weighted by Gasteiger charge is -2.38. The number of aryl methyl sites for hydroxylation is 1. The number of rotatable bonds is 9. The van der Waals surface area contributed by atoms with E-state index in [1.807, 2.05) is 80.5 Å². The van der Waals surface area contributed by atoms with Crippen molar-refractivity contribution in [3.05, 3.63) is 150 Å². The lowest BCUT2D eigenvalue weighted by atomic mass is 9.99. The Morgan fingerprint density at radius 1 is 0.848 bits per heavy atom. The van der Waals surface area contributed by atoms with Crippen LogP contribution < -0.4 is 5.06 Å². The summed E-state index contributed by atoms with van der Waals surface area (Å²) in [5.74, 6) is 0.677. The highest BCUT2D eigenvalue weighted by molar-refractivity contribution is 6.10. The van der Waals surface area contributed by atoms with Crippen LogP contribution in [0.5, 0.6) is 0 Å². The molecule has 3 aromatic carbocycles. The van der Waals surface area contributed by atoms with E-state index in [1.54, 1.807) is 13.1 Å². The topological polar surface area (TPSA) is 49.5 Å². The fourth-order valence-electron chi connectivity index (χ4n) is 4.57. The number of hydrogen-bond donors (Lipinski definition) is 0. The Bertz CT molecular complexity index is 1660. The predicted molar refractivity (Wildman–Crippen MR) is 200 cm³/mol. The predicted octanol–water partition coefficient (Wildman–Crippen LogP) is 10.3. The smallest absolute Gasteiger partial charge is 0.154 e. The molecular weight excluding hydrogens is 564 g/mol. The maximum Gasteiger partial charge on any atom is 0.154 e. The zero-order chi connectivity index (χ0) is 33.5. The van der Waals surface area contributed by atoms with Gasteiger partial charge in [-0.25, -0.2) is 4.99 Å². The highest BCUT2D eigenvalue weighted by Crippen LogP contribution is 2.31. The normalized spacial score (nSPS) is 15.6. The van der Waals surface area contributed by atoms with Crippen molar-refractivity contribution in [2.24, 2.45) is 15.0 Å². The van der Waals surface area contributed by atoms with Crippen LogP contribution in [0, 0.1) is 6.92 Å². The van der Waals surface area contributed by atoms with E-state index in [9.17, 15) is 0 Å². The second kappa shape index (κ2) is 18.2. The molecule has 1 heterocycles. The SMILES string of the molecule is C=C/C=C\C(N=C(C)c1ccc(-c2cc(C(N=C(C)/C=C\C=C/C)=NC)cc(N3CC(C)O3)c2)cc1)=C(C)C.Cc1ccccc1. The van der Waals surface area contributed by atoms with Gasteiger partial charge in [-0.2, -0.15) is 0 Å². The van der Waals surface area contributed by atoms with Crippen molar-refractivity contribution in [1.82, 2.24) is 0 Å².